The van der Waals surface area contributed by atoms with E-state index in [-0.39, 0.29) is 5.78 Å². The van der Waals surface area contributed by atoms with Crippen LogP contribution in [0.4, 0.5) is 5.88 Å². The average Bonchev–Trinajstić information content (AvgIpc) is 2.88. The second-order valence-electron chi connectivity index (χ2n) is 4.63. The van der Waals surface area contributed by atoms with Crippen molar-refractivity contribution in [3.8, 4) is 0 Å². The predicted molar refractivity (Wildman–Crippen MR) is 66.6 cm³/mol. The number of rotatable bonds is 5. The fourth-order valence-electron chi connectivity index (χ4n) is 2.01. The number of ketones is 1. The highest BCUT2D eigenvalue weighted by molar-refractivity contribution is 5.91. The van der Waals surface area contributed by atoms with E-state index in [0.29, 0.717) is 18.3 Å². The number of nitrogens with zero attached hydrogens (tertiary/aromatic N) is 1. The van der Waals surface area contributed by atoms with Gasteiger partial charge < -0.3 is 13.7 Å². The summed E-state index contributed by atoms with van der Waals surface area (Å²) < 4.78 is 11.0. The number of carbonyl (C=O) groups excluding carboxylic acids is 1. The van der Waals surface area contributed by atoms with Crippen molar-refractivity contribution in [3.63, 3.8) is 0 Å². The smallest absolute Gasteiger partial charge is 0.196 e. The van der Waals surface area contributed by atoms with Gasteiger partial charge in [0.15, 0.2) is 17.4 Å². The predicted octanol–water partition coefficient (Wildman–Crippen LogP) is 3.24. The molecule has 1 aliphatic carbocycles. The Bertz CT molecular complexity index is 537. The van der Waals surface area contributed by atoms with Crippen molar-refractivity contribution in [2.24, 2.45) is 0 Å². The molecule has 1 fully saturated rings. The van der Waals surface area contributed by atoms with Gasteiger partial charge in [-0.3, -0.25) is 4.79 Å². The van der Waals surface area contributed by atoms with E-state index in [1.54, 1.807) is 12.3 Å². The molecule has 2 aromatic heterocycles. The van der Waals surface area contributed by atoms with Crippen LogP contribution < -0.4 is 4.90 Å². The molecule has 4 nitrogen and oxygen atoms in total. The number of anilines is 1. The van der Waals surface area contributed by atoms with Gasteiger partial charge in [-0.25, -0.2) is 0 Å². The topological polar surface area (TPSA) is 46.6 Å². The summed E-state index contributed by atoms with van der Waals surface area (Å²) in [6.45, 7) is 2.19. The Labute approximate surface area is 105 Å². The van der Waals surface area contributed by atoms with Crippen molar-refractivity contribution >= 4 is 11.7 Å². The third-order valence-corrected chi connectivity index (χ3v) is 3.12. The van der Waals surface area contributed by atoms with Crippen molar-refractivity contribution < 1.29 is 13.6 Å². The maximum Gasteiger partial charge on any atom is 0.196 e. The molecule has 4 heteroatoms. The van der Waals surface area contributed by atoms with E-state index in [1.165, 1.54) is 6.92 Å². The summed E-state index contributed by atoms with van der Waals surface area (Å²) in [6.07, 6.45) is 4.00. The molecule has 0 aromatic carbocycles. The zero-order valence-electron chi connectivity index (χ0n) is 10.3. The number of hydrogen-bond acceptors (Lipinski definition) is 4. The molecule has 1 saturated carbocycles. The van der Waals surface area contributed by atoms with Crippen LogP contribution in [0.2, 0.25) is 0 Å². The first-order chi connectivity index (χ1) is 8.74. The van der Waals surface area contributed by atoms with Gasteiger partial charge >= 0.3 is 0 Å². The molecule has 0 bridgehead atoms. The lowest BCUT2D eigenvalue weighted by molar-refractivity contribution is 0.0987. The summed E-state index contributed by atoms with van der Waals surface area (Å²) in [4.78, 5) is 13.4. The maximum atomic E-state index is 11.3. The van der Waals surface area contributed by atoms with Gasteiger partial charge in [0.05, 0.1) is 12.8 Å². The van der Waals surface area contributed by atoms with E-state index in [1.807, 2.05) is 18.2 Å². The average molecular weight is 245 g/mol. The minimum Gasteiger partial charge on any atom is -0.467 e. The van der Waals surface area contributed by atoms with Crippen molar-refractivity contribution in [1.29, 1.82) is 0 Å². The van der Waals surface area contributed by atoms with E-state index in [0.717, 1.165) is 24.5 Å². The van der Waals surface area contributed by atoms with Crippen LogP contribution in [0.1, 0.15) is 36.1 Å². The summed E-state index contributed by atoms with van der Waals surface area (Å²) >= 11 is 0. The first kappa shape index (κ1) is 11.1. The molecule has 0 N–H and O–H groups in total. The molecule has 0 unspecified atom stereocenters. The van der Waals surface area contributed by atoms with Crippen LogP contribution >= 0.6 is 0 Å². The molecule has 0 aliphatic heterocycles. The van der Waals surface area contributed by atoms with Crippen molar-refractivity contribution in [2.45, 2.75) is 32.4 Å². The molecule has 2 aromatic rings. The standard InChI is InChI=1S/C14H15NO3/c1-10(16)13-6-7-14(18-13)15(11-4-5-11)9-12-3-2-8-17-12/h2-3,6-8,11H,4-5,9H2,1H3. The SMILES string of the molecule is CC(=O)c1ccc(N(Cc2ccco2)C2CC2)o1. The van der Waals surface area contributed by atoms with Gasteiger partial charge in [-0.2, -0.15) is 0 Å². The monoisotopic (exact) mass is 245 g/mol. The van der Waals surface area contributed by atoms with Crippen LogP contribution in [0.15, 0.2) is 39.4 Å². The molecule has 1 aliphatic rings. The zero-order valence-corrected chi connectivity index (χ0v) is 10.3. The first-order valence-electron chi connectivity index (χ1n) is 6.14. The van der Waals surface area contributed by atoms with Crippen LogP contribution in [0, 0.1) is 0 Å². The van der Waals surface area contributed by atoms with E-state index < -0.39 is 0 Å². The lowest BCUT2D eigenvalue weighted by Gasteiger charge is -2.20. The quantitative estimate of drug-likeness (QED) is 0.759. The fraction of sp³-hybridized carbons (Fsp3) is 0.357. The minimum atomic E-state index is -0.0463. The van der Waals surface area contributed by atoms with Gasteiger partial charge in [0.1, 0.15) is 5.76 Å². The highest BCUT2D eigenvalue weighted by Gasteiger charge is 2.31. The minimum absolute atomic E-state index is 0.0463. The third-order valence-electron chi connectivity index (χ3n) is 3.12. The molecule has 0 amide bonds. The number of furan rings is 2. The Hall–Kier alpha value is -1.97. The summed E-state index contributed by atoms with van der Waals surface area (Å²) in [5.41, 5.74) is 0. The van der Waals surface area contributed by atoms with Gasteiger partial charge in [-0.05, 0) is 31.0 Å². The van der Waals surface area contributed by atoms with Crippen LogP contribution in [0.5, 0.6) is 0 Å². The molecule has 3 rings (SSSR count). The summed E-state index contributed by atoms with van der Waals surface area (Å²) in [5.74, 6) is 2.02. The molecule has 0 saturated heterocycles. The van der Waals surface area contributed by atoms with Crippen LogP contribution in [0.3, 0.4) is 0 Å². The normalized spacial score (nSPS) is 14.7. The molecule has 0 atom stereocenters. The number of carbonyl (C=O) groups is 1. The van der Waals surface area contributed by atoms with Gasteiger partial charge in [-0.15, -0.1) is 0 Å². The molecule has 2 heterocycles. The highest BCUT2D eigenvalue weighted by atomic mass is 16.4. The van der Waals surface area contributed by atoms with Crippen LogP contribution in [0.25, 0.3) is 0 Å². The lowest BCUT2D eigenvalue weighted by Crippen LogP contribution is -2.24. The third kappa shape index (κ3) is 2.18. The van der Waals surface area contributed by atoms with Crippen LogP contribution in [-0.4, -0.2) is 11.8 Å². The molecule has 0 radical (unpaired) electrons. The van der Waals surface area contributed by atoms with Crippen molar-refractivity contribution in [3.05, 3.63) is 42.0 Å². The number of Topliss-reactive ketones (excluding diaryl/α,β-unsaturated/α-hetero) is 1. The van der Waals surface area contributed by atoms with E-state index >= 15 is 0 Å². The molecule has 0 spiro atoms. The van der Waals surface area contributed by atoms with E-state index in [2.05, 4.69) is 4.90 Å². The number of hydrogen-bond donors (Lipinski definition) is 0. The van der Waals surface area contributed by atoms with Crippen molar-refractivity contribution in [2.75, 3.05) is 4.90 Å². The molecular formula is C14H15NO3. The van der Waals surface area contributed by atoms with E-state index in [4.69, 9.17) is 8.83 Å². The zero-order chi connectivity index (χ0) is 12.5. The van der Waals surface area contributed by atoms with Gasteiger partial charge in [-0.1, -0.05) is 0 Å². The Kier molecular flexibility index (Phi) is 2.70. The Morgan fingerprint density at radius 1 is 1.39 bits per heavy atom. The van der Waals surface area contributed by atoms with Crippen LogP contribution in [-0.2, 0) is 6.54 Å². The van der Waals surface area contributed by atoms with E-state index in [9.17, 15) is 4.79 Å². The summed E-state index contributed by atoms with van der Waals surface area (Å²) in [6, 6.07) is 7.92. The lowest BCUT2D eigenvalue weighted by atomic mass is 10.3. The summed E-state index contributed by atoms with van der Waals surface area (Å²) in [5, 5.41) is 0. The Balaban J connectivity index is 1.82. The molecular weight excluding hydrogens is 230 g/mol. The van der Waals surface area contributed by atoms with Gasteiger partial charge in [0, 0.05) is 19.0 Å². The second kappa shape index (κ2) is 4.37. The Morgan fingerprint density at radius 3 is 2.78 bits per heavy atom. The molecule has 18 heavy (non-hydrogen) atoms. The largest absolute Gasteiger partial charge is 0.467 e. The second-order valence-corrected chi connectivity index (χ2v) is 4.63. The highest BCUT2D eigenvalue weighted by Crippen LogP contribution is 2.34. The fourth-order valence-corrected chi connectivity index (χ4v) is 2.01. The van der Waals surface area contributed by atoms with Gasteiger partial charge in [0.25, 0.3) is 0 Å². The Morgan fingerprint density at radius 2 is 2.22 bits per heavy atom. The first-order valence-corrected chi connectivity index (χ1v) is 6.14. The van der Waals surface area contributed by atoms with Gasteiger partial charge in [0.2, 0.25) is 0 Å². The van der Waals surface area contributed by atoms with Crippen molar-refractivity contribution in [1.82, 2.24) is 0 Å². The maximum absolute atomic E-state index is 11.3. The summed E-state index contributed by atoms with van der Waals surface area (Å²) in [7, 11) is 0. The molecule has 94 valence electrons.